The number of hydrogen-bond donors (Lipinski definition) is 3. The van der Waals surface area contributed by atoms with Crippen LogP contribution in [0, 0.1) is 6.92 Å². The van der Waals surface area contributed by atoms with Crippen molar-refractivity contribution in [3.63, 3.8) is 0 Å². The number of amides is 1. The first-order valence-electron chi connectivity index (χ1n) is 6.38. The van der Waals surface area contributed by atoms with Crippen LogP contribution < -0.4 is 10.6 Å². The maximum absolute atomic E-state index is 12.3. The molecular weight excluding hydrogens is 228 g/mol. The molecule has 3 N–H and O–H groups in total. The first-order valence-corrected chi connectivity index (χ1v) is 6.38. The van der Waals surface area contributed by atoms with Gasteiger partial charge >= 0.3 is 0 Å². The lowest BCUT2D eigenvalue weighted by Crippen LogP contribution is -2.54. The fraction of sp³-hybridized carbons (Fsp3) is 0.500. The Bertz CT molecular complexity index is 451. The minimum Gasteiger partial charge on any atom is -0.505 e. The van der Waals surface area contributed by atoms with Crippen molar-refractivity contribution in [2.75, 3.05) is 11.9 Å². The van der Waals surface area contributed by atoms with Crippen molar-refractivity contribution in [2.45, 2.75) is 38.6 Å². The molecule has 1 amide bonds. The summed E-state index contributed by atoms with van der Waals surface area (Å²) in [7, 11) is 0. The Kier molecular flexibility index (Phi) is 3.57. The molecule has 1 fully saturated rings. The zero-order chi connectivity index (χ0) is 13.2. The molecule has 0 bridgehead atoms. The number of phenolic OH excluding ortho intramolecular Hbond substituents is 1. The third kappa shape index (κ3) is 2.48. The molecule has 1 saturated heterocycles. The standard InChI is InChI=1S/C14H20N2O2/c1-10-6-5-7-11(12(10)17)16-13(18)14(2)8-3-4-9-15-14/h5-7,15,17H,3-4,8-9H2,1-2H3,(H,16,18). The maximum Gasteiger partial charge on any atom is 0.244 e. The van der Waals surface area contributed by atoms with Crippen LogP contribution in [0.1, 0.15) is 31.7 Å². The van der Waals surface area contributed by atoms with Gasteiger partial charge in [0.05, 0.1) is 11.2 Å². The molecule has 98 valence electrons. The average Bonchev–Trinajstić information content (AvgIpc) is 2.36. The lowest BCUT2D eigenvalue weighted by molar-refractivity contribution is -0.122. The predicted octanol–water partition coefficient (Wildman–Crippen LogP) is 2.17. The van der Waals surface area contributed by atoms with Crippen LogP contribution >= 0.6 is 0 Å². The van der Waals surface area contributed by atoms with Gasteiger partial charge in [-0.1, -0.05) is 12.1 Å². The Balaban J connectivity index is 2.13. The summed E-state index contributed by atoms with van der Waals surface area (Å²) in [6.45, 7) is 4.59. The van der Waals surface area contributed by atoms with Crippen molar-refractivity contribution in [1.82, 2.24) is 5.32 Å². The molecule has 0 aromatic heterocycles. The van der Waals surface area contributed by atoms with Gasteiger partial charge in [-0.2, -0.15) is 0 Å². The van der Waals surface area contributed by atoms with Crippen molar-refractivity contribution in [3.05, 3.63) is 23.8 Å². The minimum atomic E-state index is -0.533. The Hall–Kier alpha value is -1.55. The number of aryl methyl sites for hydroxylation is 1. The zero-order valence-corrected chi connectivity index (χ0v) is 10.9. The number of anilines is 1. The lowest BCUT2D eigenvalue weighted by atomic mass is 9.90. The summed E-state index contributed by atoms with van der Waals surface area (Å²) in [6.07, 6.45) is 2.99. The molecular formula is C14H20N2O2. The van der Waals surface area contributed by atoms with Crippen molar-refractivity contribution >= 4 is 11.6 Å². The van der Waals surface area contributed by atoms with E-state index in [1.807, 2.05) is 26.0 Å². The quantitative estimate of drug-likeness (QED) is 0.703. The molecule has 1 unspecified atom stereocenters. The van der Waals surface area contributed by atoms with Crippen LogP contribution in [-0.4, -0.2) is 23.1 Å². The molecule has 0 saturated carbocycles. The second kappa shape index (κ2) is 4.98. The van der Waals surface area contributed by atoms with E-state index in [0.717, 1.165) is 31.4 Å². The van der Waals surface area contributed by atoms with Crippen LogP contribution in [0.5, 0.6) is 5.75 Å². The average molecular weight is 248 g/mol. The number of carbonyl (C=O) groups excluding carboxylic acids is 1. The van der Waals surface area contributed by atoms with E-state index in [-0.39, 0.29) is 11.7 Å². The molecule has 4 heteroatoms. The molecule has 1 aromatic rings. The molecule has 1 aliphatic rings. The summed E-state index contributed by atoms with van der Waals surface area (Å²) < 4.78 is 0. The highest BCUT2D eigenvalue weighted by Crippen LogP contribution is 2.28. The molecule has 1 heterocycles. The largest absolute Gasteiger partial charge is 0.505 e. The SMILES string of the molecule is Cc1cccc(NC(=O)C2(C)CCCCN2)c1O. The van der Waals surface area contributed by atoms with E-state index in [9.17, 15) is 9.90 Å². The van der Waals surface area contributed by atoms with E-state index in [1.165, 1.54) is 0 Å². The molecule has 1 aromatic carbocycles. The number of phenols is 1. The molecule has 0 spiro atoms. The first kappa shape index (κ1) is 12.9. The van der Waals surface area contributed by atoms with Gasteiger partial charge in [-0.25, -0.2) is 0 Å². The van der Waals surface area contributed by atoms with Crippen molar-refractivity contribution < 1.29 is 9.90 Å². The van der Waals surface area contributed by atoms with E-state index in [4.69, 9.17) is 0 Å². The number of benzene rings is 1. The Morgan fingerprint density at radius 3 is 2.89 bits per heavy atom. The fourth-order valence-corrected chi connectivity index (χ4v) is 2.27. The van der Waals surface area contributed by atoms with Crippen LogP contribution in [0.4, 0.5) is 5.69 Å². The summed E-state index contributed by atoms with van der Waals surface area (Å²) in [4.78, 5) is 12.3. The molecule has 1 aliphatic heterocycles. The summed E-state index contributed by atoms with van der Waals surface area (Å²) in [5, 5.41) is 16.0. The predicted molar refractivity (Wildman–Crippen MR) is 71.7 cm³/mol. The molecule has 1 atom stereocenters. The van der Waals surface area contributed by atoms with Crippen molar-refractivity contribution in [2.24, 2.45) is 0 Å². The third-order valence-corrected chi connectivity index (χ3v) is 3.61. The maximum atomic E-state index is 12.3. The fourth-order valence-electron chi connectivity index (χ4n) is 2.27. The molecule has 18 heavy (non-hydrogen) atoms. The lowest BCUT2D eigenvalue weighted by Gasteiger charge is -2.33. The van der Waals surface area contributed by atoms with Gasteiger partial charge in [0, 0.05) is 0 Å². The second-order valence-corrected chi connectivity index (χ2v) is 5.14. The summed E-state index contributed by atoms with van der Waals surface area (Å²) in [6, 6.07) is 5.35. The van der Waals surface area contributed by atoms with Crippen molar-refractivity contribution in [1.29, 1.82) is 0 Å². The Morgan fingerprint density at radius 1 is 1.44 bits per heavy atom. The van der Waals surface area contributed by atoms with E-state index in [1.54, 1.807) is 6.07 Å². The van der Waals surface area contributed by atoms with Gasteiger partial charge in [-0.05, 0) is 51.3 Å². The monoisotopic (exact) mass is 248 g/mol. The van der Waals surface area contributed by atoms with Gasteiger partial charge in [-0.3, -0.25) is 4.79 Å². The molecule has 4 nitrogen and oxygen atoms in total. The highest BCUT2D eigenvalue weighted by atomic mass is 16.3. The van der Waals surface area contributed by atoms with Crippen LogP contribution in [-0.2, 0) is 4.79 Å². The number of piperidine rings is 1. The van der Waals surface area contributed by atoms with E-state index in [2.05, 4.69) is 10.6 Å². The van der Waals surface area contributed by atoms with Gasteiger partial charge < -0.3 is 15.7 Å². The zero-order valence-electron chi connectivity index (χ0n) is 10.9. The van der Waals surface area contributed by atoms with E-state index >= 15 is 0 Å². The summed E-state index contributed by atoms with van der Waals surface area (Å²) in [5.74, 6) is 0.0633. The number of para-hydroxylation sites is 1. The highest BCUT2D eigenvalue weighted by Gasteiger charge is 2.34. The van der Waals surface area contributed by atoms with Crippen LogP contribution in [0.15, 0.2) is 18.2 Å². The summed E-state index contributed by atoms with van der Waals surface area (Å²) >= 11 is 0. The Morgan fingerprint density at radius 2 is 2.22 bits per heavy atom. The van der Waals surface area contributed by atoms with Crippen LogP contribution in [0.25, 0.3) is 0 Å². The van der Waals surface area contributed by atoms with Gasteiger partial charge in [0.15, 0.2) is 0 Å². The first-order chi connectivity index (χ1) is 8.53. The van der Waals surface area contributed by atoms with E-state index in [0.29, 0.717) is 5.69 Å². The van der Waals surface area contributed by atoms with Gasteiger partial charge in [0.25, 0.3) is 0 Å². The summed E-state index contributed by atoms with van der Waals surface area (Å²) in [5.41, 5.74) is 0.706. The third-order valence-electron chi connectivity index (χ3n) is 3.61. The van der Waals surface area contributed by atoms with E-state index < -0.39 is 5.54 Å². The normalized spacial score (nSPS) is 23.7. The number of hydrogen-bond acceptors (Lipinski definition) is 3. The van der Waals surface area contributed by atoms with Crippen LogP contribution in [0.3, 0.4) is 0 Å². The minimum absolute atomic E-state index is 0.0805. The second-order valence-electron chi connectivity index (χ2n) is 5.14. The van der Waals surface area contributed by atoms with Gasteiger partial charge in [0.1, 0.15) is 5.75 Å². The van der Waals surface area contributed by atoms with Gasteiger partial charge in [-0.15, -0.1) is 0 Å². The Labute approximate surface area is 107 Å². The molecule has 0 radical (unpaired) electrons. The highest BCUT2D eigenvalue weighted by molar-refractivity contribution is 5.99. The van der Waals surface area contributed by atoms with Crippen molar-refractivity contribution in [3.8, 4) is 5.75 Å². The molecule has 0 aliphatic carbocycles. The molecule has 2 rings (SSSR count). The smallest absolute Gasteiger partial charge is 0.244 e. The number of aromatic hydroxyl groups is 1. The van der Waals surface area contributed by atoms with Crippen LogP contribution in [0.2, 0.25) is 0 Å². The number of rotatable bonds is 2. The van der Waals surface area contributed by atoms with Gasteiger partial charge in [0.2, 0.25) is 5.91 Å². The number of nitrogens with one attached hydrogen (secondary N) is 2. The number of carbonyl (C=O) groups is 1. The topological polar surface area (TPSA) is 61.4 Å².